The summed E-state index contributed by atoms with van der Waals surface area (Å²) < 4.78 is 5.36. The van der Waals surface area contributed by atoms with Gasteiger partial charge in [0.2, 0.25) is 0 Å². The minimum absolute atomic E-state index is 0.363. The summed E-state index contributed by atoms with van der Waals surface area (Å²) >= 11 is 5.82. The zero-order valence-electron chi connectivity index (χ0n) is 15.0. The van der Waals surface area contributed by atoms with Gasteiger partial charge in [-0.1, -0.05) is 59.2 Å². The highest BCUT2D eigenvalue weighted by Gasteiger charge is 2.26. The van der Waals surface area contributed by atoms with Crippen molar-refractivity contribution in [3.63, 3.8) is 0 Å². The standard InChI is InChI=1S/C23H14ClNO4/c24-18-10-8-17(9-11-18)22(26)28-19-12-6-15(7-13-19)14-20-21(25-29-23(20)27)16-4-2-1-3-5-16/h1-14H. The molecule has 29 heavy (non-hydrogen) atoms. The minimum atomic E-state index is -0.512. The molecule has 6 heteroatoms. The molecule has 0 amide bonds. The lowest BCUT2D eigenvalue weighted by Crippen LogP contribution is -2.08. The molecule has 1 aliphatic rings. The maximum atomic E-state index is 12.2. The Morgan fingerprint density at radius 2 is 1.62 bits per heavy atom. The summed E-state index contributed by atoms with van der Waals surface area (Å²) in [7, 11) is 0. The molecule has 0 saturated carbocycles. The zero-order valence-corrected chi connectivity index (χ0v) is 15.8. The van der Waals surface area contributed by atoms with Crippen LogP contribution in [0.2, 0.25) is 5.02 Å². The molecule has 5 nitrogen and oxygen atoms in total. The molecule has 0 radical (unpaired) electrons. The number of ether oxygens (including phenoxy) is 1. The Kier molecular flexibility index (Phi) is 5.22. The van der Waals surface area contributed by atoms with Crippen molar-refractivity contribution in [1.29, 1.82) is 0 Å². The summed E-state index contributed by atoms with van der Waals surface area (Å²) in [6, 6.07) is 22.6. The van der Waals surface area contributed by atoms with E-state index in [0.29, 0.717) is 27.6 Å². The van der Waals surface area contributed by atoms with Crippen LogP contribution in [0.15, 0.2) is 89.6 Å². The fourth-order valence-corrected chi connectivity index (χ4v) is 2.89. The quantitative estimate of drug-likeness (QED) is 0.269. The van der Waals surface area contributed by atoms with Gasteiger partial charge in [0.15, 0.2) is 0 Å². The van der Waals surface area contributed by atoms with Gasteiger partial charge in [0.05, 0.1) is 11.1 Å². The van der Waals surface area contributed by atoms with Crippen molar-refractivity contribution in [2.24, 2.45) is 5.16 Å². The van der Waals surface area contributed by atoms with Gasteiger partial charge in [-0.15, -0.1) is 0 Å². The third kappa shape index (κ3) is 4.25. The monoisotopic (exact) mass is 403 g/mol. The Balaban J connectivity index is 1.51. The topological polar surface area (TPSA) is 65.0 Å². The molecule has 0 bridgehead atoms. The molecule has 1 aliphatic heterocycles. The highest BCUT2D eigenvalue weighted by Crippen LogP contribution is 2.22. The molecule has 142 valence electrons. The van der Waals surface area contributed by atoms with Crippen LogP contribution in [0.25, 0.3) is 6.08 Å². The fourth-order valence-electron chi connectivity index (χ4n) is 2.76. The van der Waals surface area contributed by atoms with Crippen molar-refractivity contribution in [1.82, 2.24) is 0 Å². The minimum Gasteiger partial charge on any atom is -0.423 e. The molecule has 0 atom stereocenters. The van der Waals surface area contributed by atoms with Crippen molar-refractivity contribution in [3.05, 3.63) is 106 Å². The first-order chi connectivity index (χ1) is 14.1. The molecule has 0 saturated heterocycles. The zero-order chi connectivity index (χ0) is 20.2. The van der Waals surface area contributed by atoms with E-state index in [-0.39, 0.29) is 0 Å². The highest BCUT2D eigenvalue weighted by molar-refractivity contribution is 6.31. The smallest absolute Gasteiger partial charge is 0.368 e. The van der Waals surface area contributed by atoms with E-state index in [1.54, 1.807) is 54.6 Å². The van der Waals surface area contributed by atoms with Gasteiger partial charge in [0, 0.05) is 10.6 Å². The molecule has 0 aromatic heterocycles. The van der Waals surface area contributed by atoms with Gasteiger partial charge in [0.25, 0.3) is 0 Å². The van der Waals surface area contributed by atoms with Crippen LogP contribution in [0.5, 0.6) is 5.75 Å². The molecular formula is C23H14ClNO4. The van der Waals surface area contributed by atoms with Crippen LogP contribution in [0.4, 0.5) is 0 Å². The fraction of sp³-hybridized carbons (Fsp3) is 0. The van der Waals surface area contributed by atoms with E-state index < -0.39 is 11.9 Å². The molecule has 4 rings (SSSR count). The van der Waals surface area contributed by atoms with Crippen LogP contribution < -0.4 is 4.74 Å². The average Bonchev–Trinajstić information content (AvgIpc) is 3.11. The maximum Gasteiger partial charge on any atom is 0.368 e. The normalized spacial score (nSPS) is 14.4. The Labute approximate surface area is 171 Å². The van der Waals surface area contributed by atoms with Crippen molar-refractivity contribution < 1.29 is 19.2 Å². The number of esters is 1. The Bertz CT molecular complexity index is 1120. The Morgan fingerprint density at radius 3 is 2.31 bits per heavy atom. The third-order valence-corrected chi connectivity index (χ3v) is 4.48. The molecule has 0 fully saturated rings. The van der Waals surface area contributed by atoms with E-state index in [2.05, 4.69) is 5.16 Å². The first-order valence-electron chi connectivity index (χ1n) is 8.75. The average molecular weight is 404 g/mol. The number of carbonyl (C=O) groups is 2. The number of nitrogens with zero attached hydrogens (tertiary/aromatic N) is 1. The van der Waals surface area contributed by atoms with Gasteiger partial charge >= 0.3 is 11.9 Å². The summed E-state index contributed by atoms with van der Waals surface area (Å²) in [5.74, 6) is -0.606. The molecule has 0 unspecified atom stereocenters. The summed E-state index contributed by atoms with van der Waals surface area (Å²) in [5.41, 5.74) is 2.78. The first kappa shape index (κ1) is 18.7. The predicted octanol–water partition coefficient (Wildman–Crippen LogP) is 4.90. The van der Waals surface area contributed by atoms with Crippen molar-refractivity contribution in [3.8, 4) is 5.75 Å². The van der Waals surface area contributed by atoms with E-state index in [1.807, 2.05) is 30.3 Å². The first-order valence-corrected chi connectivity index (χ1v) is 9.12. The number of benzene rings is 3. The lowest BCUT2D eigenvalue weighted by atomic mass is 10.0. The second-order valence-corrected chi connectivity index (χ2v) is 6.64. The van der Waals surface area contributed by atoms with Crippen LogP contribution in [-0.4, -0.2) is 17.7 Å². The SMILES string of the molecule is O=C1ON=C(c2ccccc2)C1=Cc1ccc(OC(=O)c2ccc(Cl)cc2)cc1. The Morgan fingerprint density at radius 1 is 0.931 bits per heavy atom. The summed E-state index contributed by atoms with van der Waals surface area (Å²) in [4.78, 5) is 29.1. The van der Waals surface area contributed by atoms with E-state index in [0.717, 1.165) is 11.1 Å². The molecule has 0 aliphatic carbocycles. The molecule has 0 N–H and O–H groups in total. The molecule has 3 aromatic carbocycles. The van der Waals surface area contributed by atoms with E-state index >= 15 is 0 Å². The number of carbonyl (C=O) groups excluding carboxylic acids is 2. The summed E-state index contributed by atoms with van der Waals surface area (Å²) in [6.07, 6.45) is 1.69. The van der Waals surface area contributed by atoms with E-state index in [1.165, 1.54) is 0 Å². The van der Waals surface area contributed by atoms with Crippen molar-refractivity contribution in [2.75, 3.05) is 0 Å². The van der Waals surface area contributed by atoms with Crippen LogP contribution in [0.3, 0.4) is 0 Å². The number of hydrogen-bond donors (Lipinski definition) is 0. The van der Waals surface area contributed by atoms with Crippen LogP contribution >= 0.6 is 11.6 Å². The lowest BCUT2D eigenvalue weighted by molar-refractivity contribution is -0.136. The second-order valence-electron chi connectivity index (χ2n) is 6.21. The third-order valence-electron chi connectivity index (χ3n) is 4.22. The van der Waals surface area contributed by atoms with Gasteiger partial charge in [-0.25, -0.2) is 9.59 Å². The van der Waals surface area contributed by atoms with Gasteiger partial charge in [-0.05, 0) is 48.0 Å². The van der Waals surface area contributed by atoms with Crippen molar-refractivity contribution in [2.45, 2.75) is 0 Å². The van der Waals surface area contributed by atoms with Gasteiger partial charge < -0.3 is 9.57 Å². The van der Waals surface area contributed by atoms with E-state index in [4.69, 9.17) is 21.2 Å². The number of rotatable bonds is 4. The van der Waals surface area contributed by atoms with Gasteiger partial charge in [-0.2, -0.15) is 0 Å². The maximum absolute atomic E-state index is 12.2. The largest absolute Gasteiger partial charge is 0.423 e. The highest BCUT2D eigenvalue weighted by atomic mass is 35.5. The van der Waals surface area contributed by atoms with Crippen LogP contribution in [0.1, 0.15) is 21.5 Å². The van der Waals surface area contributed by atoms with Crippen molar-refractivity contribution >= 4 is 35.3 Å². The summed E-state index contributed by atoms with van der Waals surface area (Å²) in [5, 5.41) is 4.43. The van der Waals surface area contributed by atoms with Crippen LogP contribution in [-0.2, 0) is 9.63 Å². The molecule has 0 spiro atoms. The van der Waals surface area contributed by atoms with Gasteiger partial charge in [-0.3, -0.25) is 0 Å². The molecular weight excluding hydrogens is 390 g/mol. The Hall–Kier alpha value is -3.70. The number of halogens is 1. The van der Waals surface area contributed by atoms with Gasteiger partial charge in [0.1, 0.15) is 11.5 Å². The number of hydrogen-bond acceptors (Lipinski definition) is 5. The van der Waals surface area contributed by atoms with E-state index in [9.17, 15) is 9.59 Å². The van der Waals surface area contributed by atoms with Crippen LogP contribution in [0, 0.1) is 0 Å². The molecule has 3 aromatic rings. The number of oxime groups is 1. The lowest BCUT2D eigenvalue weighted by Gasteiger charge is -2.05. The molecule has 1 heterocycles. The predicted molar refractivity (Wildman–Crippen MR) is 110 cm³/mol. The summed E-state index contributed by atoms with van der Waals surface area (Å²) in [6.45, 7) is 0. The second kappa shape index (κ2) is 8.12.